The van der Waals surface area contributed by atoms with Crippen molar-refractivity contribution in [2.24, 2.45) is 5.16 Å². The SMILES string of the molecule is CC(=NO)c1cc2cc(Br)cc(Br)c2oc1=O. The Morgan fingerprint density at radius 3 is 2.71 bits per heavy atom. The van der Waals surface area contributed by atoms with Gasteiger partial charge in [0.05, 0.1) is 15.7 Å². The second kappa shape index (κ2) is 4.62. The first kappa shape index (κ1) is 12.3. The molecule has 0 amide bonds. The largest absolute Gasteiger partial charge is 0.421 e. The van der Waals surface area contributed by atoms with Gasteiger partial charge in [0, 0.05) is 9.86 Å². The first-order chi connectivity index (χ1) is 8.02. The van der Waals surface area contributed by atoms with E-state index in [4.69, 9.17) is 9.62 Å². The molecular formula is C11H7Br2NO3. The monoisotopic (exact) mass is 359 g/mol. The summed E-state index contributed by atoms with van der Waals surface area (Å²) in [4.78, 5) is 11.7. The van der Waals surface area contributed by atoms with Gasteiger partial charge < -0.3 is 9.62 Å². The molecule has 0 radical (unpaired) electrons. The number of hydrogen-bond acceptors (Lipinski definition) is 4. The van der Waals surface area contributed by atoms with Crippen LogP contribution in [0.4, 0.5) is 0 Å². The first-order valence-electron chi connectivity index (χ1n) is 4.65. The van der Waals surface area contributed by atoms with E-state index in [-0.39, 0.29) is 11.3 Å². The van der Waals surface area contributed by atoms with Gasteiger partial charge in [0.1, 0.15) is 0 Å². The van der Waals surface area contributed by atoms with Gasteiger partial charge in [-0.15, -0.1) is 0 Å². The van der Waals surface area contributed by atoms with Crippen LogP contribution in [0.3, 0.4) is 0 Å². The molecule has 1 heterocycles. The number of hydrogen-bond donors (Lipinski definition) is 1. The number of halogens is 2. The quantitative estimate of drug-likeness (QED) is 0.366. The zero-order valence-electron chi connectivity index (χ0n) is 8.70. The Morgan fingerprint density at radius 1 is 1.35 bits per heavy atom. The third kappa shape index (κ3) is 2.28. The van der Waals surface area contributed by atoms with Crippen molar-refractivity contribution in [1.29, 1.82) is 0 Å². The predicted octanol–water partition coefficient (Wildman–Crippen LogP) is 3.52. The molecule has 0 unspecified atom stereocenters. The molecule has 0 bridgehead atoms. The summed E-state index contributed by atoms with van der Waals surface area (Å²) in [5, 5.41) is 12.4. The first-order valence-corrected chi connectivity index (χ1v) is 6.23. The van der Waals surface area contributed by atoms with Crippen molar-refractivity contribution in [3.8, 4) is 0 Å². The van der Waals surface area contributed by atoms with Crippen LogP contribution in [0.15, 0.2) is 41.5 Å². The summed E-state index contributed by atoms with van der Waals surface area (Å²) in [6.45, 7) is 1.53. The normalized spacial score (nSPS) is 12.1. The molecule has 1 aromatic heterocycles. The van der Waals surface area contributed by atoms with Crippen molar-refractivity contribution in [3.63, 3.8) is 0 Å². The lowest BCUT2D eigenvalue weighted by Crippen LogP contribution is -2.12. The minimum Gasteiger partial charge on any atom is -0.421 e. The van der Waals surface area contributed by atoms with Crippen LogP contribution < -0.4 is 5.63 Å². The zero-order valence-corrected chi connectivity index (χ0v) is 11.9. The van der Waals surface area contributed by atoms with Crippen molar-refractivity contribution >= 4 is 48.5 Å². The molecule has 88 valence electrons. The Labute approximate surface area is 113 Å². The van der Waals surface area contributed by atoms with E-state index in [0.29, 0.717) is 10.1 Å². The molecule has 0 aliphatic rings. The standard InChI is InChI=1S/C11H7Br2NO3/c1-5(14-16)8-3-6-2-7(12)4-9(13)10(6)17-11(8)15/h2-4,16H,1H3. The summed E-state index contributed by atoms with van der Waals surface area (Å²) in [5.74, 6) is 0. The van der Waals surface area contributed by atoms with Crippen LogP contribution in [-0.2, 0) is 0 Å². The fraction of sp³-hybridized carbons (Fsp3) is 0.0909. The molecule has 0 aliphatic carbocycles. The maximum absolute atomic E-state index is 11.7. The van der Waals surface area contributed by atoms with Gasteiger partial charge in [-0.1, -0.05) is 21.1 Å². The smallest absolute Gasteiger partial charge is 0.345 e. The summed E-state index contributed by atoms with van der Waals surface area (Å²) in [6, 6.07) is 5.24. The fourth-order valence-electron chi connectivity index (χ4n) is 1.46. The maximum atomic E-state index is 11.7. The van der Waals surface area contributed by atoms with E-state index in [1.54, 1.807) is 12.1 Å². The molecule has 4 nitrogen and oxygen atoms in total. The van der Waals surface area contributed by atoms with Crippen LogP contribution in [0.5, 0.6) is 0 Å². The van der Waals surface area contributed by atoms with E-state index in [2.05, 4.69) is 37.0 Å². The van der Waals surface area contributed by atoms with Gasteiger partial charge in [-0.3, -0.25) is 0 Å². The summed E-state index contributed by atoms with van der Waals surface area (Å²) >= 11 is 6.67. The molecule has 1 aromatic carbocycles. The number of benzene rings is 1. The summed E-state index contributed by atoms with van der Waals surface area (Å²) in [7, 11) is 0. The van der Waals surface area contributed by atoms with Crippen LogP contribution in [0.1, 0.15) is 12.5 Å². The summed E-state index contributed by atoms with van der Waals surface area (Å²) in [5.41, 5.74) is 0.394. The third-order valence-electron chi connectivity index (χ3n) is 2.29. The van der Waals surface area contributed by atoms with Gasteiger partial charge in [0.25, 0.3) is 0 Å². The minimum absolute atomic E-state index is 0.219. The second-order valence-corrected chi connectivity index (χ2v) is 5.21. The molecule has 1 N–H and O–H groups in total. The van der Waals surface area contributed by atoms with E-state index < -0.39 is 5.63 Å². The molecule has 0 saturated carbocycles. The number of nitrogens with zero attached hydrogens (tertiary/aromatic N) is 1. The summed E-state index contributed by atoms with van der Waals surface area (Å²) < 4.78 is 6.73. The Morgan fingerprint density at radius 2 is 2.06 bits per heavy atom. The number of oxime groups is 1. The van der Waals surface area contributed by atoms with E-state index >= 15 is 0 Å². The van der Waals surface area contributed by atoms with Gasteiger partial charge >= 0.3 is 5.63 Å². The Balaban J connectivity index is 2.85. The van der Waals surface area contributed by atoms with Crippen molar-refractivity contribution < 1.29 is 9.62 Å². The van der Waals surface area contributed by atoms with Crippen LogP contribution in [-0.4, -0.2) is 10.9 Å². The van der Waals surface area contributed by atoms with Crippen molar-refractivity contribution in [2.45, 2.75) is 6.92 Å². The maximum Gasteiger partial charge on any atom is 0.345 e. The molecule has 0 saturated heterocycles. The molecule has 2 aromatic rings. The highest BCUT2D eigenvalue weighted by Gasteiger charge is 2.11. The lowest BCUT2D eigenvalue weighted by Gasteiger charge is -2.03. The predicted molar refractivity (Wildman–Crippen MR) is 71.9 cm³/mol. The van der Waals surface area contributed by atoms with Gasteiger partial charge in [-0.05, 0) is 41.1 Å². The molecule has 0 fully saturated rings. The van der Waals surface area contributed by atoms with Crippen LogP contribution >= 0.6 is 31.9 Å². The van der Waals surface area contributed by atoms with Gasteiger partial charge in [0.15, 0.2) is 5.58 Å². The Hall–Kier alpha value is -1.14. The highest BCUT2D eigenvalue weighted by molar-refractivity contribution is 9.11. The zero-order chi connectivity index (χ0) is 12.6. The van der Waals surface area contributed by atoms with E-state index in [0.717, 1.165) is 9.86 Å². The van der Waals surface area contributed by atoms with E-state index in [1.807, 2.05) is 6.07 Å². The average molecular weight is 361 g/mol. The third-order valence-corrected chi connectivity index (χ3v) is 3.34. The van der Waals surface area contributed by atoms with E-state index in [9.17, 15) is 4.79 Å². The molecule has 17 heavy (non-hydrogen) atoms. The number of rotatable bonds is 1. The molecule has 2 rings (SSSR count). The second-order valence-electron chi connectivity index (χ2n) is 3.44. The van der Waals surface area contributed by atoms with Gasteiger partial charge in [-0.25, -0.2) is 4.79 Å². The molecule has 0 aliphatic heterocycles. The minimum atomic E-state index is -0.532. The van der Waals surface area contributed by atoms with Crippen LogP contribution in [0.25, 0.3) is 11.0 Å². The van der Waals surface area contributed by atoms with E-state index in [1.165, 1.54) is 6.92 Å². The molecular weight excluding hydrogens is 354 g/mol. The van der Waals surface area contributed by atoms with Gasteiger partial charge in [0.2, 0.25) is 0 Å². The Bertz CT molecular complexity index is 676. The van der Waals surface area contributed by atoms with Crippen LogP contribution in [0.2, 0.25) is 0 Å². The number of fused-ring (bicyclic) bond motifs is 1. The lowest BCUT2D eigenvalue weighted by molar-refractivity contribution is 0.319. The summed E-state index contributed by atoms with van der Waals surface area (Å²) in [6.07, 6.45) is 0. The van der Waals surface area contributed by atoms with Gasteiger partial charge in [-0.2, -0.15) is 0 Å². The average Bonchev–Trinajstić information content (AvgIpc) is 2.28. The van der Waals surface area contributed by atoms with Crippen molar-refractivity contribution in [1.82, 2.24) is 0 Å². The Kier molecular flexibility index (Phi) is 3.35. The van der Waals surface area contributed by atoms with Crippen molar-refractivity contribution in [2.75, 3.05) is 0 Å². The fourth-order valence-corrected chi connectivity index (χ4v) is 2.80. The lowest BCUT2D eigenvalue weighted by atomic mass is 10.1. The topological polar surface area (TPSA) is 62.8 Å². The van der Waals surface area contributed by atoms with Crippen LogP contribution in [0, 0.1) is 0 Å². The molecule has 6 heteroatoms. The molecule has 0 spiro atoms. The van der Waals surface area contributed by atoms with Crippen molar-refractivity contribution in [3.05, 3.63) is 43.1 Å². The highest BCUT2D eigenvalue weighted by Crippen LogP contribution is 2.28. The highest BCUT2D eigenvalue weighted by atomic mass is 79.9. The molecule has 0 atom stereocenters.